The molecule has 1 aromatic carbocycles. The molecule has 21 heavy (non-hydrogen) atoms. The smallest absolute Gasteiger partial charge is 0.118 e. The summed E-state index contributed by atoms with van der Waals surface area (Å²) in [6, 6.07) is 12.4. The zero-order valence-corrected chi connectivity index (χ0v) is 12.7. The summed E-state index contributed by atoms with van der Waals surface area (Å²) in [6.07, 6.45) is 3.48. The molecule has 0 spiro atoms. The van der Waals surface area contributed by atoms with Crippen molar-refractivity contribution >= 4 is 44.2 Å². The Morgan fingerprint density at radius 3 is 2.95 bits per heavy atom. The van der Waals surface area contributed by atoms with Gasteiger partial charge in [-0.2, -0.15) is 0 Å². The number of pyridine rings is 1. The first-order valence-corrected chi connectivity index (χ1v) is 8.42. The highest BCUT2D eigenvalue weighted by molar-refractivity contribution is 7.98. The molecule has 0 amide bonds. The summed E-state index contributed by atoms with van der Waals surface area (Å²) < 4.78 is 1.16. The van der Waals surface area contributed by atoms with Crippen molar-refractivity contribution < 1.29 is 0 Å². The van der Waals surface area contributed by atoms with Crippen LogP contribution in [0.4, 0.5) is 0 Å². The van der Waals surface area contributed by atoms with Gasteiger partial charge in [-0.1, -0.05) is 24.3 Å². The molecule has 5 heteroatoms. The Kier molecular flexibility index (Phi) is 3.29. The van der Waals surface area contributed by atoms with Crippen LogP contribution in [0.15, 0.2) is 59.3 Å². The van der Waals surface area contributed by atoms with E-state index in [2.05, 4.69) is 44.6 Å². The molecular formula is C16H11N3S2. The van der Waals surface area contributed by atoms with E-state index in [4.69, 9.17) is 0 Å². The first-order valence-electron chi connectivity index (χ1n) is 6.55. The molecule has 0 bridgehead atoms. The van der Waals surface area contributed by atoms with Gasteiger partial charge in [-0.3, -0.25) is 4.98 Å². The second-order valence-corrected chi connectivity index (χ2v) is 6.47. The van der Waals surface area contributed by atoms with Crippen LogP contribution in [-0.4, -0.2) is 15.0 Å². The second kappa shape index (κ2) is 5.42. The molecular weight excluding hydrogens is 298 g/mol. The van der Waals surface area contributed by atoms with Crippen molar-refractivity contribution in [2.45, 2.75) is 10.8 Å². The maximum Gasteiger partial charge on any atom is 0.118 e. The van der Waals surface area contributed by atoms with E-state index in [1.807, 2.05) is 18.3 Å². The van der Waals surface area contributed by atoms with Crippen molar-refractivity contribution in [1.82, 2.24) is 15.0 Å². The zero-order chi connectivity index (χ0) is 14.1. The summed E-state index contributed by atoms with van der Waals surface area (Å²) >= 11 is 3.43. The number of nitrogens with zero attached hydrogens (tertiary/aromatic N) is 3. The highest BCUT2D eigenvalue weighted by atomic mass is 32.2. The molecule has 0 radical (unpaired) electrons. The SMILES string of the molecule is c1cnc2c(CSc3ncnc4ccsc34)cccc2c1. The first kappa shape index (κ1) is 12.7. The molecule has 102 valence electrons. The fourth-order valence-corrected chi connectivity index (χ4v) is 4.23. The van der Waals surface area contributed by atoms with Gasteiger partial charge in [-0.15, -0.1) is 23.1 Å². The van der Waals surface area contributed by atoms with Crippen molar-refractivity contribution in [3.63, 3.8) is 0 Å². The minimum Gasteiger partial charge on any atom is -0.256 e. The molecule has 0 saturated carbocycles. The number of fused-ring (bicyclic) bond motifs is 2. The van der Waals surface area contributed by atoms with Crippen molar-refractivity contribution in [1.29, 1.82) is 0 Å². The van der Waals surface area contributed by atoms with Crippen LogP contribution in [0.25, 0.3) is 21.1 Å². The molecule has 0 aliphatic rings. The van der Waals surface area contributed by atoms with Crippen LogP contribution in [0.3, 0.4) is 0 Å². The predicted molar refractivity (Wildman–Crippen MR) is 88.7 cm³/mol. The van der Waals surface area contributed by atoms with Crippen LogP contribution >= 0.6 is 23.1 Å². The summed E-state index contributed by atoms with van der Waals surface area (Å²) in [4.78, 5) is 13.2. The molecule has 0 N–H and O–H groups in total. The molecule has 0 saturated heterocycles. The molecule has 3 heterocycles. The zero-order valence-electron chi connectivity index (χ0n) is 11.1. The highest BCUT2D eigenvalue weighted by Gasteiger charge is 2.08. The van der Waals surface area contributed by atoms with Crippen molar-refractivity contribution in [3.8, 4) is 0 Å². The number of hydrogen-bond donors (Lipinski definition) is 0. The second-order valence-electron chi connectivity index (χ2n) is 4.59. The lowest BCUT2D eigenvalue weighted by atomic mass is 10.1. The lowest BCUT2D eigenvalue weighted by Crippen LogP contribution is -1.88. The van der Waals surface area contributed by atoms with E-state index < -0.39 is 0 Å². The van der Waals surface area contributed by atoms with Crippen molar-refractivity contribution in [3.05, 3.63) is 59.9 Å². The first-order chi connectivity index (χ1) is 10.4. The van der Waals surface area contributed by atoms with Crippen molar-refractivity contribution in [2.75, 3.05) is 0 Å². The summed E-state index contributed by atoms with van der Waals surface area (Å²) in [7, 11) is 0. The Bertz CT molecular complexity index is 912. The summed E-state index contributed by atoms with van der Waals surface area (Å²) in [5, 5.41) is 4.28. The summed E-state index contributed by atoms with van der Waals surface area (Å²) in [6.45, 7) is 0. The van der Waals surface area contributed by atoms with Gasteiger partial charge in [-0.05, 0) is 23.1 Å². The van der Waals surface area contributed by atoms with Gasteiger partial charge in [0.2, 0.25) is 0 Å². The maximum atomic E-state index is 4.50. The summed E-state index contributed by atoms with van der Waals surface area (Å²) in [5.74, 6) is 0.859. The number of rotatable bonds is 3. The van der Waals surface area contributed by atoms with Gasteiger partial charge in [0.25, 0.3) is 0 Å². The molecule has 3 aromatic heterocycles. The molecule has 3 nitrogen and oxygen atoms in total. The van der Waals surface area contributed by atoms with Gasteiger partial charge in [0.1, 0.15) is 11.4 Å². The Labute approximate surface area is 130 Å². The van der Waals surface area contributed by atoms with Crippen LogP contribution in [0.2, 0.25) is 0 Å². The van der Waals surface area contributed by atoms with E-state index in [1.54, 1.807) is 29.4 Å². The summed E-state index contributed by atoms with van der Waals surface area (Å²) in [5.41, 5.74) is 3.33. The van der Waals surface area contributed by atoms with Gasteiger partial charge < -0.3 is 0 Å². The average Bonchev–Trinajstić information content (AvgIpc) is 3.02. The number of aromatic nitrogens is 3. The topological polar surface area (TPSA) is 38.7 Å². The molecule has 4 rings (SSSR count). The number of thiophene rings is 1. The van der Waals surface area contributed by atoms with Gasteiger partial charge in [0.05, 0.1) is 15.7 Å². The minimum atomic E-state index is 0.859. The van der Waals surface area contributed by atoms with Crippen molar-refractivity contribution in [2.24, 2.45) is 0 Å². The standard InChI is InChI=1S/C16H11N3S2/c1-3-11-5-2-7-17-14(11)12(4-1)9-21-16-15-13(6-8-20-15)18-10-19-16/h1-8,10H,9H2. The molecule has 0 unspecified atom stereocenters. The monoisotopic (exact) mass is 309 g/mol. The Balaban J connectivity index is 1.68. The molecule has 0 atom stereocenters. The van der Waals surface area contributed by atoms with Crippen LogP contribution in [0.5, 0.6) is 0 Å². The minimum absolute atomic E-state index is 0.859. The van der Waals surface area contributed by atoms with Crippen LogP contribution in [0.1, 0.15) is 5.56 Å². The van der Waals surface area contributed by atoms with Crippen LogP contribution in [0, 0.1) is 0 Å². The van der Waals surface area contributed by atoms with E-state index in [0.29, 0.717) is 0 Å². The Hall–Kier alpha value is -1.98. The number of para-hydroxylation sites is 1. The fourth-order valence-electron chi connectivity index (χ4n) is 2.30. The lowest BCUT2D eigenvalue weighted by molar-refractivity contribution is 1.11. The molecule has 0 fully saturated rings. The quantitative estimate of drug-likeness (QED) is 0.411. The molecule has 0 aliphatic carbocycles. The van der Waals surface area contributed by atoms with E-state index >= 15 is 0 Å². The number of benzene rings is 1. The van der Waals surface area contributed by atoms with Gasteiger partial charge in [0.15, 0.2) is 0 Å². The van der Waals surface area contributed by atoms with E-state index in [-0.39, 0.29) is 0 Å². The third kappa shape index (κ3) is 2.39. The Morgan fingerprint density at radius 1 is 1.00 bits per heavy atom. The number of thioether (sulfide) groups is 1. The maximum absolute atomic E-state index is 4.50. The van der Waals surface area contributed by atoms with E-state index in [9.17, 15) is 0 Å². The Morgan fingerprint density at radius 2 is 1.95 bits per heavy atom. The van der Waals surface area contributed by atoms with Gasteiger partial charge >= 0.3 is 0 Å². The lowest BCUT2D eigenvalue weighted by Gasteiger charge is -2.05. The molecule has 4 aromatic rings. The van der Waals surface area contributed by atoms with Gasteiger partial charge in [0, 0.05) is 17.3 Å². The highest BCUT2D eigenvalue weighted by Crippen LogP contribution is 2.31. The van der Waals surface area contributed by atoms with Crippen LogP contribution < -0.4 is 0 Å². The average molecular weight is 309 g/mol. The largest absolute Gasteiger partial charge is 0.256 e. The van der Waals surface area contributed by atoms with Gasteiger partial charge in [-0.25, -0.2) is 9.97 Å². The number of hydrogen-bond acceptors (Lipinski definition) is 5. The van der Waals surface area contributed by atoms with Crippen LogP contribution in [-0.2, 0) is 5.75 Å². The molecule has 0 aliphatic heterocycles. The van der Waals surface area contributed by atoms with E-state index in [0.717, 1.165) is 26.5 Å². The third-order valence-corrected chi connectivity index (χ3v) is 5.37. The fraction of sp³-hybridized carbons (Fsp3) is 0.0625. The predicted octanol–water partition coefficient (Wildman–Crippen LogP) is 4.53. The van der Waals surface area contributed by atoms with E-state index in [1.165, 1.54) is 10.9 Å². The normalized spacial score (nSPS) is 11.2. The third-order valence-electron chi connectivity index (χ3n) is 3.29.